The molecule has 0 aromatic rings. The standard InChI is InChI=1S/C4H10FNO2S/c1-4(2,3)6(5)9(7)8/h1-3H3,(H,7,8). The van der Waals surface area contributed by atoms with Gasteiger partial charge in [0.2, 0.25) is 0 Å². The maximum absolute atomic E-state index is 12.3. The van der Waals surface area contributed by atoms with Crippen LogP contribution in [-0.2, 0) is 11.3 Å². The zero-order chi connectivity index (χ0) is 7.65. The molecule has 3 nitrogen and oxygen atoms in total. The summed E-state index contributed by atoms with van der Waals surface area (Å²) >= 11 is -2.51. The maximum atomic E-state index is 12.3. The minimum Gasteiger partial charge on any atom is -0.292 e. The second-order valence-corrected chi connectivity index (χ2v) is 3.43. The third-order valence-corrected chi connectivity index (χ3v) is 1.49. The lowest BCUT2D eigenvalue weighted by Crippen LogP contribution is -2.35. The average molecular weight is 155 g/mol. The molecule has 9 heavy (non-hydrogen) atoms. The van der Waals surface area contributed by atoms with Crippen molar-refractivity contribution in [1.29, 1.82) is 0 Å². The quantitative estimate of drug-likeness (QED) is 0.455. The van der Waals surface area contributed by atoms with Gasteiger partial charge in [0, 0.05) is 0 Å². The van der Waals surface area contributed by atoms with E-state index in [9.17, 15) is 8.69 Å². The van der Waals surface area contributed by atoms with E-state index in [1.807, 2.05) is 0 Å². The Bertz CT molecular complexity index is 122. The van der Waals surface area contributed by atoms with Crippen molar-refractivity contribution in [3.05, 3.63) is 0 Å². The highest BCUT2D eigenvalue weighted by Gasteiger charge is 2.25. The molecule has 0 radical (unpaired) electrons. The minimum atomic E-state index is -2.51. The fraction of sp³-hybridized carbons (Fsp3) is 1.00. The molecule has 0 amide bonds. The average Bonchev–Trinajstić information content (AvgIpc) is 1.62. The highest BCUT2D eigenvalue weighted by atomic mass is 32.2. The smallest absolute Gasteiger partial charge is 0.263 e. The van der Waals surface area contributed by atoms with E-state index in [1.165, 1.54) is 20.8 Å². The number of rotatable bonds is 1. The van der Waals surface area contributed by atoms with E-state index in [0.717, 1.165) is 0 Å². The zero-order valence-corrected chi connectivity index (χ0v) is 6.41. The van der Waals surface area contributed by atoms with Crippen LogP contribution < -0.4 is 0 Å². The van der Waals surface area contributed by atoms with E-state index in [2.05, 4.69) is 0 Å². The summed E-state index contributed by atoms with van der Waals surface area (Å²) in [5, 5.41) is 0. The fourth-order valence-electron chi connectivity index (χ4n) is 0.234. The van der Waals surface area contributed by atoms with Crippen LogP contribution in [0.25, 0.3) is 0 Å². The normalized spacial score (nSPS) is 16.2. The van der Waals surface area contributed by atoms with Gasteiger partial charge in [-0.2, -0.15) is 0 Å². The molecular weight excluding hydrogens is 145 g/mol. The van der Waals surface area contributed by atoms with Gasteiger partial charge in [0.1, 0.15) is 0 Å². The Morgan fingerprint density at radius 3 is 1.89 bits per heavy atom. The molecule has 0 aliphatic rings. The molecular formula is C4H10FNO2S. The number of hydrogen-bond acceptors (Lipinski definition) is 1. The first kappa shape index (κ1) is 9.00. The van der Waals surface area contributed by atoms with Gasteiger partial charge in [-0.15, -0.1) is 4.48 Å². The van der Waals surface area contributed by atoms with Gasteiger partial charge in [-0.05, 0) is 25.3 Å². The van der Waals surface area contributed by atoms with Gasteiger partial charge in [-0.25, -0.2) is 4.21 Å². The predicted octanol–water partition coefficient (Wildman–Crippen LogP) is 1.11. The molecule has 0 spiro atoms. The number of nitrogens with zero attached hydrogens (tertiary/aromatic N) is 1. The molecule has 0 aliphatic carbocycles. The first-order valence-corrected chi connectivity index (χ1v) is 3.49. The van der Waals surface area contributed by atoms with Crippen molar-refractivity contribution in [1.82, 2.24) is 4.53 Å². The van der Waals surface area contributed by atoms with Crippen LogP contribution in [0.15, 0.2) is 0 Å². The van der Waals surface area contributed by atoms with Crippen molar-refractivity contribution < 1.29 is 13.2 Å². The first-order chi connectivity index (χ1) is 3.85. The molecule has 0 aromatic carbocycles. The molecule has 56 valence electrons. The highest BCUT2D eigenvalue weighted by molar-refractivity contribution is 7.76. The second-order valence-electron chi connectivity index (χ2n) is 2.65. The molecule has 0 aromatic heterocycles. The molecule has 0 fully saturated rings. The zero-order valence-electron chi connectivity index (χ0n) is 5.59. The monoisotopic (exact) mass is 155 g/mol. The summed E-state index contributed by atoms with van der Waals surface area (Å²) in [6, 6.07) is 0. The van der Waals surface area contributed by atoms with E-state index >= 15 is 0 Å². The summed E-state index contributed by atoms with van der Waals surface area (Å²) in [4.78, 5) is 0. The van der Waals surface area contributed by atoms with E-state index in [0.29, 0.717) is 0 Å². The second kappa shape index (κ2) is 2.72. The van der Waals surface area contributed by atoms with Crippen LogP contribution in [0.1, 0.15) is 20.8 Å². The fourth-order valence-corrected chi connectivity index (χ4v) is 0.703. The lowest BCUT2D eigenvalue weighted by Gasteiger charge is -2.21. The summed E-state index contributed by atoms with van der Waals surface area (Å²) in [5.74, 6) is 0. The van der Waals surface area contributed by atoms with Crippen LogP contribution in [-0.4, -0.2) is 18.8 Å². The topological polar surface area (TPSA) is 40.5 Å². The van der Waals surface area contributed by atoms with Gasteiger partial charge < -0.3 is 0 Å². The third kappa shape index (κ3) is 2.88. The molecule has 1 unspecified atom stereocenters. The minimum absolute atomic E-state index is 0.118. The Kier molecular flexibility index (Phi) is 2.72. The Balaban J connectivity index is 4.04. The Hall–Kier alpha value is -0.0000000000000000486. The molecule has 0 heterocycles. The van der Waals surface area contributed by atoms with Crippen molar-refractivity contribution in [3.63, 3.8) is 0 Å². The Morgan fingerprint density at radius 1 is 1.56 bits per heavy atom. The maximum Gasteiger partial charge on any atom is 0.263 e. The largest absolute Gasteiger partial charge is 0.292 e. The van der Waals surface area contributed by atoms with Gasteiger partial charge in [-0.1, -0.05) is 0 Å². The third-order valence-electron chi connectivity index (χ3n) is 0.665. The SMILES string of the molecule is CC(C)(C)N(F)S(=O)O. The molecule has 1 N–H and O–H groups in total. The summed E-state index contributed by atoms with van der Waals surface area (Å²) in [6.07, 6.45) is 0. The van der Waals surface area contributed by atoms with Gasteiger partial charge in [0.25, 0.3) is 11.3 Å². The van der Waals surface area contributed by atoms with Crippen LogP contribution in [0.3, 0.4) is 0 Å². The summed E-state index contributed by atoms with van der Waals surface area (Å²) in [7, 11) is 0. The molecule has 0 rings (SSSR count). The Labute approximate surface area is 56.2 Å². The van der Waals surface area contributed by atoms with E-state index in [-0.39, 0.29) is 4.53 Å². The molecule has 1 atom stereocenters. The molecule has 0 saturated heterocycles. The lowest BCUT2D eigenvalue weighted by atomic mass is 10.1. The number of halogens is 1. The summed E-state index contributed by atoms with van der Waals surface area (Å²) in [5.41, 5.74) is -0.903. The van der Waals surface area contributed by atoms with Crippen molar-refractivity contribution in [2.45, 2.75) is 26.3 Å². The number of hydrogen-bond donors (Lipinski definition) is 1. The summed E-state index contributed by atoms with van der Waals surface area (Å²) in [6.45, 7) is 4.50. The van der Waals surface area contributed by atoms with Gasteiger partial charge >= 0.3 is 0 Å². The molecule has 5 heteroatoms. The van der Waals surface area contributed by atoms with E-state index < -0.39 is 16.8 Å². The van der Waals surface area contributed by atoms with Gasteiger partial charge in [0.15, 0.2) is 0 Å². The Morgan fingerprint density at radius 2 is 1.89 bits per heavy atom. The van der Waals surface area contributed by atoms with Crippen molar-refractivity contribution in [2.75, 3.05) is 0 Å². The van der Waals surface area contributed by atoms with Crippen molar-refractivity contribution >= 4 is 11.3 Å². The first-order valence-electron chi connectivity index (χ1n) is 2.42. The van der Waals surface area contributed by atoms with Crippen LogP contribution in [0.5, 0.6) is 0 Å². The van der Waals surface area contributed by atoms with E-state index in [4.69, 9.17) is 4.55 Å². The van der Waals surface area contributed by atoms with Crippen LogP contribution in [0, 0.1) is 0 Å². The highest BCUT2D eigenvalue weighted by Crippen LogP contribution is 2.14. The molecule has 0 saturated carbocycles. The van der Waals surface area contributed by atoms with E-state index in [1.54, 1.807) is 0 Å². The lowest BCUT2D eigenvalue weighted by molar-refractivity contribution is 0.0400. The van der Waals surface area contributed by atoms with Gasteiger partial charge in [-0.3, -0.25) is 4.55 Å². The molecule has 0 aliphatic heterocycles. The van der Waals surface area contributed by atoms with Crippen LogP contribution in [0.4, 0.5) is 4.48 Å². The van der Waals surface area contributed by atoms with Crippen molar-refractivity contribution in [3.8, 4) is 0 Å². The van der Waals surface area contributed by atoms with Gasteiger partial charge in [0.05, 0.1) is 5.54 Å². The molecule has 0 bridgehead atoms. The van der Waals surface area contributed by atoms with Crippen LogP contribution in [0.2, 0.25) is 0 Å². The van der Waals surface area contributed by atoms with Crippen LogP contribution >= 0.6 is 0 Å². The predicted molar refractivity (Wildman–Crippen MR) is 33.5 cm³/mol. The summed E-state index contributed by atoms with van der Waals surface area (Å²) < 4.78 is 30.4. The van der Waals surface area contributed by atoms with Crippen molar-refractivity contribution in [2.24, 2.45) is 0 Å².